The van der Waals surface area contributed by atoms with Crippen LogP contribution in [0.4, 0.5) is 0 Å². The number of carbonyl (C=O) groups is 1. The van der Waals surface area contributed by atoms with Crippen molar-refractivity contribution in [3.05, 3.63) is 0 Å². The summed E-state index contributed by atoms with van der Waals surface area (Å²) in [6.45, 7) is 0.837. The molecule has 0 spiro atoms. The molecule has 2 heterocycles. The van der Waals surface area contributed by atoms with Crippen LogP contribution in [-0.2, 0) is 23.7 Å². The average Bonchev–Trinajstić information content (AvgIpc) is 2.97. The van der Waals surface area contributed by atoms with Crippen LogP contribution < -0.4 is 5.73 Å². The fourth-order valence-corrected chi connectivity index (χ4v) is 3.23. The number of esters is 1. The van der Waals surface area contributed by atoms with Gasteiger partial charge in [0.05, 0.1) is 13.2 Å². The first-order chi connectivity index (χ1) is 14.0. The van der Waals surface area contributed by atoms with E-state index < -0.39 is 86.6 Å². The van der Waals surface area contributed by atoms with Crippen LogP contribution in [0.3, 0.4) is 0 Å². The molecule has 13 nitrogen and oxygen atoms in total. The molecule has 0 amide bonds. The second-order valence-corrected chi connectivity index (χ2v) is 7.74. The van der Waals surface area contributed by atoms with E-state index in [0.717, 1.165) is 0 Å². The summed E-state index contributed by atoms with van der Waals surface area (Å²) in [6.07, 6.45) is -13.1. The van der Waals surface area contributed by atoms with Gasteiger partial charge in [0.2, 0.25) is 12.1 Å². The summed E-state index contributed by atoms with van der Waals surface area (Å²) < 4.78 is 21.3. The molecule has 0 aromatic heterocycles. The lowest BCUT2D eigenvalue weighted by molar-refractivity contribution is -0.384. The summed E-state index contributed by atoms with van der Waals surface area (Å²) >= 11 is 0. The van der Waals surface area contributed by atoms with E-state index in [1.807, 2.05) is 0 Å². The molecule has 13 heteroatoms. The second kappa shape index (κ2) is 10.1. The summed E-state index contributed by atoms with van der Waals surface area (Å²) in [5.74, 6) is -3.58. The van der Waals surface area contributed by atoms with Crippen molar-refractivity contribution in [2.45, 2.75) is 74.7 Å². The summed E-state index contributed by atoms with van der Waals surface area (Å²) in [5, 5.41) is 69.3. The molecule has 2 aliphatic rings. The molecule has 176 valence electrons. The lowest BCUT2D eigenvalue weighted by atomic mass is 9.98. The van der Waals surface area contributed by atoms with Gasteiger partial charge in [-0.25, -0.2) is 0 Å². The van der Waals surface area contributed by atoms with E-state index in [0.29, 0.717) is 0 Å². The Hall–Kier alpha value is -0.970. The van der Waals surface area contributed by atoms with E-state index in [1.165, 1.54) is 0 Å². The number of hydrogen-bond acceptors (Lipinski definition) is 13. The maximum Gasteiger partial charge on any atom is 0.323 e. The number of ether oxygens (including phenoxy) is 4. The van der Waals surface area contributed by atoms with Gasteiger partial charge in [-0.15, -0.1) is 0 Å². The lowest BCUT2D eigenvalue weighted by Crippen LogP contribution is -2.64. The smallest absolute Gasteiger partial charge is 0.323 e. The normalized spacial score (nSPS) is 43.0. The highest BCUT2D eigenvalue weighted by Gasteiger charge is 2.59. The largest absolute Gasteiger partial charge is 0.453 e. The van der Waals surface area contributed by atoms with E-state index in [4.69, 9.17) is 24.7 Å². The van der Waals surface area contributed by atoms with Crippen molar-refractivity contribution in [3.8, 4) is 0 Å². The van der Waals surface area contributed by atoms with Crippen molar-refractivity contribution in [2.75, 3.05) is 19.8 Å². The molecular weight excluding hydrogens is 410 g/mol. The highest BCUT2D eigenvalue weighted by Crippen LogP contribution is 2.36. The third-order valence-electron chi connectivity index (χ3n) is 5.29. The maximum atomic E-state index is 12.3. The first-order valence-corrected chi connectivity index (χ1v) is 9.55. The summed E-state index contributed by atoms with van der Waals surface area (Å²) in [4.78, 5) is 12.3. The zero-order chi connectivity index (χ0) is 22.8. The topological polar surface area (TPSA) is 222 Å². The Morgan fingerprint density at radius 1 is 1.03 bits per heavy atom. The van der Waals surface area contributed by atoms with Crippen molar-refractivity contribution in [1.82, 2.24) is 0 Å². The molecule has 0 unspecified atom stereocenters. The number of hydrogen-bond donors (Lipinski definition) is 8. The van der Waals surface area contributed by atoms with Crippen molar-refractivity contribution in [2.24, 2.45) is 11.7 Å². The van der Waals surface area contributed by atoms with Gasteiger partial charge >= 0.3 is 5.97 Å². The maximum absolute atomic E-state index is 12.3. The zero-order valence-electron chi connectivity index (χ0n) is 16.6. The van der Waals surface area contributed by atoms with Gasteiger partial charge in [-0.3, -0.25) is 4.79 Å². The highest BCUT2D eigenvalue weighted by atomic mass is 16.8. The van der Waals surface area contributed by atoms with E-state index in [1.54, 1.807) is 13.8 Å². The fraction of sp³-hybridized carbons (Fsp3) is 0.941. The SMILES string of the molecule is CC(C)[C@H](N)C(=O)O[C@H]1[C@@H](O[C@]2(CO)O[C@H](CO)[C@@H](O)[C@@H]2O)O[C@H](CO)[C@@H](O)[C@@H]1O. The molecular formula is C17H31NO12. The number of carbonyl (C=O) groups excluding carboxylic acids is 1. The molecule has 30 heavy (non-hydrogen) atoms. The minimum Gasteiger partial charge on any atom is -0.453 e. The molecule has 2 aliphatic heterocycles. The predicted octanol–water partition coefficient (Wildman–Crippen LogP) is -4.86. The monoisotopic (exact) mass is 441 g/mol. The van der Waals surface area contributed by atoms with Gasteiger partial charge in [0.25, 0.3) is 0 Å². The van der Waals surface area contributed by atoms with Gasteiger partial charge < -0.3 is 60.4 Å². The third kappa shape index (κ3) is 4.76. The molecule has 0 saturated carbocycles. The first-order valence-electron chi connectivity index (χ1n) is 9.55. The van der Waals surface area contributed by atoms with Crippen LogP contribution in [0.25, 0.3) is 0 Å². The number of aliphatic hydroxyl groups excluding tert-OH is 7. The number of rotatable bonds is 8. The Morgan fingerprint density at radius 3 is 2.10 bits per heavy atom. The van der Waals surface area contributed by atoms with Gasteiger partial charge in [0.1, 0.15) is 49.3 Å². The Kier molecular flexibility index (Phi) is 8.51. The molecule has 0 aromatic carbocycles. The van der Waals surface area contributed by atoms with E-state index in [2.05, 4.69) is 0 Å². The zero-order valence-corrected chi connectivity index (χ0v) is 16.6. The molecule has 0 aliphatic carbocycles. The quantitative estimate of drug-likeness (QED) is 0.166. The van der Waals surface area contributed by atoms with Crippen LogP contribution >= 0.6 is 0 Å². The second-order valence-electron chi connectivity index (χ2n) is 7.74. The number of nitrogens with two attached hydrogens (primary N) is 1. The molecule has 9 N–H and O–H groups in total. The standard InChI is InChI=1S/C17H31NO12/c1-6(2)9(18)15(26)28-13-12(24)10(22)7(3-19)27-16(13)30-17(5-21)14(25)11(23)8(4-20)29-17/h6-14,16,19-25H,3-5,18H2,1-2H3/t7-,8-,9+,10-,11-,12+,13-,14+,16-,17+/m1/s1. The Balaban J connectivity index is 2.30. The number of aliphatic hydroxyl groups is 7. The molecule has 2 saturated heterocycles. The Bertz CT molecular complexity index is 579. The van der Waals surface area contributed by atoms with Crippen LogP contribution in [0, 0.1) is 5.92 Å². The van der Waals surface area contributed by atoms with Crippen molar-refractivity contribution < 1.29 is 59.5 Å². The van der Waals surface area contributed by atoms with Crippen LogP contribution in [0.5, 0.6) is 0 Å². The Morgan fingerprint density at radius 2 is 1.63 bits per heavy atom. The molecule has 0 radical (unpaired) electrons. The van der Waals surface area contributed by atoms with Crippen molar-refractivity contribution in [3.63, 3.8) is 0 Å². The summed E-state index contributed by atoms with van der Waals surface area (Å²) in [5.41, 5.74) is 5.74. The molecule has 2 fully saturated rings. The van der Waals surface area contributed by atoms with Gasteiger partial charge in [0.15, 0.2) is 6.10 Å². The van der Waals surface area contributed by atoms with Crippen molar-refractivity contribution >= 4 is 5.97 Å². The fourth-order valence-electron chi connectivity index (χ4n) is 3.23. The van der Waals surface area contributed by atoms with Crippen molar-refractivity contribution in [1.29, 1.82) is 0 Å². The summed E-state index contributed by atoms with van der Waals surface area (Å²) in [7, 11) is 0. The van der Waals surface area contributed by atoms with Crippen LogP contribution in [0.15, 0.2) is 0 Å². The van der Waals surface area contributed by atoms with Gasteiger partial charge in [-0.1, -0.05) is 13.8 Å². The minimum atomic E-state index is -2.32. The minimum absolute atomic E-state index is 0.321. The lowest BCUT2D eigenvalue weighted by Gasteiger charge is -2.44. The van der Waals surface area contributed by atoms with E-state index >= 15 is 0 Å². The van der Waals surface area contributed by atoms with Crippen LogP contribution in [0.2, 0.25) is 0 Å². The predicted molar refractivity (Wildman–Crippen MR) is 95.3 cm³/mol. The first kappa shape index (κ1) is 25.3. The highest BCUT2D eigenvalue weighted by molar-refractivity contribution is 5.76. The van der Waals surface area contributed by atoms with Crippen LogP contribution in [0.1, 0.15) is 13.8 Å². The van der Waals surface area contributed by atoms with Gasteiger partial charge in [0, 0.05) is 0 Å². The van der Waals surface area contributed by atoms with E-state index in [-0.39, 0.29) is 5.92 Å². The third-order valence-corrected chi connectivity index (χ3v) is 5.29. The Labute approximate surface area is 172 Å². The van der Waals surface area contributed by atoms with E-state index in [9.17, 15) is 40.5 Å². The average molecular weight is 441 g/mol. The van der Waals surface area contributed by atoms with Gasteiger partial charge in [-0.05, 0) is 5.92 Å². The molecule has 0 bridgehead atoms. The molecule has 2 rings (SSSR count). The summed E-state index contributed by atoms with van der Waals surface area (Å²) in [6, 6.07) is -1.08. The molecule has 0 aromatic rings. The molecule has 10 atom stereocenters. The van der Waals surface area contributed by atoms with Crippen LogP contribution in [-0.4, -0.2) is 122 Å². The van der Waals surface area contributed by atoms with Gasteiger partial charge in [-0.2, -0.15) is 0 Å².